The van der Waals surface area contributed by atoms with E-state index in [-0.39, 0.29) is 6.10 Å². The summed E-state index contributed by atoms with van der Waals surface area (Å²) in [6.45, 7) is 2.24. The highest BCUT2D eigenvalue weighted by molar-refractivity contribution is 14.1. The van der Waals surface area contributed by atoms with Crippen LogP contribution in [0.5, 0.6) is 5.75 Å². The Morgan fingerprint density at radius 3 is 2.89 bits per heavy atom. The summed E-state index contributed by atoms with van der Waals surface area (Å²) in [6.07, 6.45) is 6.26. The van der Waals surface area contributed by atoms with Gasteiger partial charge in [0.25, 0.3) is 0 Å². The SMILES string of the molecule is CCC1CCCC(Oc2c(N)cc(C#N)cc2I)C1. The van der Waals surface area contributed by atoms with Gasteiger partial charge in [-0.2, -0.15) is 5.26 Å². The van der Waals surface area contributed by atoms with Crippen molar-refractivity contribution < 1.29 is 4.74 Å². The molecule has 0 heterocycles. The number of ether oxygens (including phenoxy) is 1. The third-order valence-electron chi connectivity index (χ3n) is 3.80. The number of hydrogen-bond acceptors (Lipinski definition) is 3. The summed E-state index contributed by atoms with van der Waals surface area (Å²) in [4.78, 5) is 0. The van der Waals surface area contributed by atoms with Crippen LogP contribution in [-0.2, 0) is 0 Å². The number of anilines is 1. The van der Waals surface area contributed by atoms with Crippen LogP contribution in [0.2, 0.25) is 0 Å². The van der Waals surface area contributed by atoms with E-state index in [1.54, 1.807) is 6.07 Å². The van der Waals surface area contributed by atoms with Crippen molar-refractivity contribution in [2.45, 2.75) is 45.1 Å². The van der Waals surface area contributed by atoms with E-state index in [1.165, 1.54) is 19.3 Å². The number of nitriles is 1. The first kappa shape index (κ1) is 14.4. The first-order valence-electron chi connectivity index (χ1n) is 6.79. The summed E-state index contributed by atoms with van der Waals surface area (Å²) in [5, 5.41) is 8.92. The van der Waals surface area contributed by atoms with Crippen molar-refractivity contribution in [3.8, 4) is 11.8 Å². The molecule has 2 N–H and O–H groups in total. The van der Waals surface area contributed by atoms with Gasteiger partial charge in [0, 0.05) is 0 Å². The van der Waals surface area contributed by atoms with Crippen molar-refractivity contribution in [1.82, 2.24) is 0 Å². The fourth-order valence-electron chi connectivity index (χ4n) is 2.69. The average Bonchev–Trinajstić information content (AvgIpc) is 2.42. The predicted octanol–water partition coefficient (Wildman–Crippen LogP) is 4.09. The zero-order valence-corrected chi connectivity index (χ0v) is 13.3. The minimum Gasteiger partial charge on any atom is -0.487 e. The molecular formula is C15H19IN2O. The maximum Gasteiger partial charge on any atom is 0.155 e. The Balaban J connectivity index is 2.13. The van der Waals surface area contributed by atoms with E-state index in [1.807, 2.05) is 6.07 Å². The van der Waals surface area contributed by atoms with Crippen molar-refractivity contribution >= 4 is 28.3 Å². The van der Waals surface area contributed by atoms with Gasteiger partial charge in [0.1, 0.15) is 0 Å². The third-order valence-corrected chi connectivity index (χ3v) is 4.60. The molecule has 0 aliphatic heterocycles. The molecule has 4 heteroatoms. The number of nitrogen functional groups attached to an aromatic ring is 1. The summed E-state index contributed by atoms with van der Waals surface area (Å²) < 4.78 is 7.03. The Hall–Kier alpha value is -0.960. The zero-order chi connectivity index (χ0) is 13.8. The third kappa shape index (κ3) is 3.53. The highest BCUT2D eigenvalue weighted by Crippen LogP contribution is 2.35. The van der Waals surface area contributed by atoms with Crippen molar-refractivity contribution in [2.75, 3.05) is 5.73 Å². The second-order valence-electron chi connectivity index (χ2n) is 5.17. The molecule has 0 amide bonds. The molecule has 0 bridgehead atoms. The Kier molecular flexibility index (Phi) is 4.92. The van der Waals surface area contributed by atoms with Gasteiger partial charge in [-0.25, -0.2) is 0 Å². The van der Waals surface area contributed by atoms with Crippen molar-refractivity contribution in [3.05, 3.63) is 21.3 Å². The van der Waals surface area contributed by atoms with Gasteiger partial charge in [-0.05, 0) is 59.9 Å². The molecule has 19 heavy (non-hydrogen) atoms. The maximum absolute atomic E-state index is 8.92. The Morgan fingerprint density at radius 1 is 1.47 bits per heavy atom. The fourth-order valence-corrected chi connectivity index (χ4v) is 3.46. The highest BCUT2D eigenvalue weighted by atomic mass is 127. The molecular weight excluding hydrogens is 351 g/mol. The number of nitrogens with two attached hydrogens (primary N) is 1. The van der Waals surface area contributed by atoms with Gasteiger partial charge in [-0.1, -0.05) is 19.8 Å². The normalized spacial score (nSPS) is 22.8. The lowest BCUT2D eigenvalue weighted by atomic mass is 9.85. The predicted molar refractivity (Wildman–Crippen MR) is 85.0 cm³/mol. The Labute approximate surface area is 128 Å². The number of benzene rings is 1. The van der Waals surface area contributed by atoms with Crippen LogP contribution < -0.4 is 10.5 Å². The van der Waals surface area contributed by atoms with E-state index < -0.39 is 0 Å². The fraction of sp³-hybridized carbons (Fsp3) is 0.533. The molecule has 1 aliphatic carbocycles. The molecule has 2 unspecified atom stereocenters. The molecule has 0 aromatic heterocycles. The minimum absolute atomic E-state index is 0.266. The van der Waals surface area contributed by atoms with E-state index in [0.29, 0.717) is 11.3 Å². The average molecular weight is 370 g/mol. The van der Waals surface area contributed by atoms with Crippen LogP contribution in [0, 0.1) is 20.8 Å². The van der Waals surface area contributed by atoms with Gasteiger partial charge in [0.15, 0.2) is 5.75 Å². The van der Waals surface area contributed by atoms with Gasteiger partial charge in [-0.15, -0.1) is 0 Å². The van der Waals surface area contributed by atoms with E-state index in [4.69, 9.17) is 15.7 Å². The monoisotopic (exact) mass is 370 g/mol. The van der Waals surface area contributed by atoms with Crippen molar-refractivity contribution in [2.24, 2.45) is 5.92 Å². The lowest BCUT2D eigenvalue weighted by Gasteiger charge is -2.29. The Bertz CT molecular complexity index is 472. The number of rotatable bonds is 3. The summed E-state index contributed by atoms with van der Waals surface area (Å²) in [6, 6.07) is 5.63. The van der Waals surface area contributed by atoms with Crippen LogP contribution in [0.3, 0.4) is 0 Å². The zero-order valence-electron chi connectivity index (χ0n) is 11.2. The lowest BCUT2D eigenvalue weighted by molar-refractivity contribution is 0.122. The second kappa shape index (κ2) is 6.47. The molecule has 0 saturated heterocycles. The summed E-state index contributed by atoms with van der Waals surface area (Å²) in [5.41, 5.74) is 7.16. The van der Waals surface area contributed by atoms with E-state index >= 15 is 0 Å². The smallest absolute Gasteiger partial charge is 0.155 e. The summed E-state index contributed by atoms with van der Waals surface area (Å²) >= 11 is 2.19. The van der Waals surface area contributed by atoms with Gasteiger partial charge in [0.2, 0.25) is 0 Å². The molecule has 1 aromatic carbocycles. The maximum atomic E-state index is 8.92. The van der Waals surface area contributed by atoms with Crippen LogP contribution in [0.1, 0.15) is 44.6 Å². The van der Waals surface area contributed by atoms with Crippen LogP contribution in [0.4, 0.5) is 5.69 Å². The minimum atomic E-state index is 0.266. The van der Waals surface area contributed by atoms with Crippen LogP contribution in [0.15, 0.2) is 12.1 Å². The molecule has 2 rings (SSSR count). The lowest BCUT2D eigenvalue weighted by Crippen LogP contribution is -2.25. The first-order valence-corrected chi connectivity index (χ1v) is 7.87. The van der Waals surface area contributed by atoms with E-state index in [0.717, 1.165) is 28.1 Å². The summed E-state index contributed by atoms with van der Waals surface area (Å²) in [5.74, 6) is 1.53. The molecule has 0 spiro atoms. The standard InChI is InChI=1S/C15H19IN2O/c1-2-10-4-3-5-12(6-10)19-15-13(16)7-11(9-17)8-14(15)18/h7-8,10,12H,2-6,18H2,1H3. The molecule has 3 nitrogen and oxygen atoms in total. The molecule has 1 fully saturated rings. The number of hydrogen-bond donors (Lipinski definition) is 1. The first-order chi connectivity index (χ1) is 9.13. The summed E-state index contributed by atoms with van der Waals surface area (Å²) in [7, 11) is 0. The van der Waals surface area contributed by atoms with Gasteiger partial charge in [-0.3, -0.25) is 0 Å². The van der Waals surface area contributed by atoms with Gasteiger partial charge >= 0.3 is 0 Å². The second-order valence-corrected chi connectivity index (χ2v) is 6.33. The quantitative estimate of drug-likeness (QED) is 0.644. The molecule has 1 saturated carbocycles. The number of nitrogens with zero attached hydrogens (tertiary/aromatic N) is 1. The highest BCUT2D eigenvalue weighted by Gasteiger charge is 2.23. The largest absolute Gasteiger partial charge is 0.487 e. The van der Waals surface area contributed by atoms with E-state index in [9.17, 15) is 0 Å². The molecule has 1 aliphatic rings. The van der Waals surface area contributed by atoms with Crippen molar-refractivity contribution in [1.29, 1.82) is 5.26 Å². The molecule has 102 valence electrons. The number of halogens is 1. The van der Waals surface area contributed by atoms with Crippen LogP contribution >= 0.6 is 22.6 Å². The van der Waals surface area contributed by atoms with Crippen LogP contribution in [0.25, 0.3) is 0 Å². The molecule has 1 aromatic rings. The topological polar surface area (TPSA) is 59.0 Å². The molecule has 0 radical (unpaired) electrons. The van der Waals surface area contributed by atoms with Gasteiger partial charge < -0.3 is 10.5 Å². The molecule has 2 atom stereocenters. The van der Waals surface area contributed by atoms with E-state index in [2.05, 4.69) is 35.6 Å². The van der Waals surface area contributed by atoms with Crippen molar-refractivity contribution in [3.63, 3.8) is 0 Å². The van der Waals surface area contributed by atoms with Gasteiger partial charge in [0.05, 0.1) is 27.0 Å². The van der Waals surface area contributed by atoms with Crippen LogP contribution in [-0.4, -0.2) is 6.10 Å². The Morgan fingerprint density at radius 2 is 2.26 bits per heavy atom.